The van der Waals surface area contributed by atoms with Crippen molar-refractivity contribution < 1.29 is 4.79 Å². The molecule has 0 aliphatic heterocycles. The molecule has 0 N–H and O–H groups in total. The van der Waals surface area contributed by atoms with Crippen molar-refractivity contribution in [2.75, 3.05) is 12.4 Å². The van der Waals surface area contributed by atoms with E-state index in [2.05, 4.69) is 0 Å². The highest BCUT2D eigenvalue weighted by atomic mass is 35.5. The molecule has 0 saturated heterocycles. The Bertz CT molecular complexity index is 1030. The number of halogens is 2. The van der Waals surface area contributed by atoms with E-state index in [4.69, 9.17) is 28.2 Å². The van der Waals surface area contributed by atoms with E-state index in [1.807, 2.05) is 19.9 Å². The van der Waals surface area contributed by atoms with Gasteiger partial charge in [-0.1, -0.05) is 23.7 Å². The highest BCUT2D eigenvalue weighted by molar-refractivity contribution is 6.30. The van der Waals surface area contributed by atoms with Gasteiger partial charge in [-0.15, -0.1) is 11.6 Å². The SMILES string of the molecule is CCN(C(=O)CCl)C(C)c1nc2ccccc2c(=O)n1-c1ccc(Cl)cc1. The second-order valence-electron chi connectivity index (χ2n) is 6.09. The van der Waals surface area contributed by atoms with Gasteiger partial charge in [-0.2, -0.15) is 0 Å². The number of carbonyl (C=O) groups is 1. The van der Waals surface area contributed by atoms with Crippen molar-refractivity contribution >= 4 is 40.0 Å². The molecule has 7 heteroatoms. The number of para-hydroxylation sites is 1. The number of aromatic nitrogens is 2. The lowest BCUT2D eigenvalue weighted by molar-refractivity contribution is -0.130. The first kappa shape index (κ1) is 19.4. The fourth-order valence-corrected chi connectivity index (χ4v) is 3.43. The molecule has 140 valence electrons. The number of alkyl halides is 1. The van der Waals surface area contributed by atoms with Crippen LogP contribution in [0.2, 0.25) is 5.02 Å². The molecule has 27 heavy (non-hydrogen) atoms. The quantitative estimate of drug-likeness (QED) is 0.600. The van der Waals surface area contributed by atoms with E-state index in [1.54, 1.807) is 47.4 Å². The maximum atomic E-state index is 13.2. The molecule has 0 aliphatic carbocycles. The lowest BCUT2D eigenvalue weighted by Gasteiger charge is -2.29. The largest absolute Gasteiger partial charge is 0.332 e. The van der Waals surface area contributed by atoms with Gasteiger partial charge in [0.25, 0.3) is 5.56 Å². The van der Waals surface area contributed by atoms with E-state index in [9.17, 15) is 9.59 Å². The summed E-state index contributed by atoms with van der Waals surface area (Å²) in [6.07, 6.45) is 0. The van der Waals surface area contributed by atoms with Crippen LogP contribution in [-0.4, -0.2) is 32.8 Å². The highest BCUT2D eigenvalue weighted by Gasteiger charge is 2.25. The Kier molecular flexibility index (Phi) is 5.82. The highest BCUT2D eigenvalue weighted by Crippen LogP contribution is 2.23. The summed E-state index contributed by atoms with van der Waals surface area (Å²) in [6, 6.07) is 13.7. The van der Waals surface area contributed by atoms with Crippen LogP contribution in [0.25, 0.3) is 16.6 Å². The minimum Gasteiger partial charge on any atom is -0.332 e. The normalized spacial score (nSPS) is 12.1. The molecule has 0 bridgehead atoms. The number of amides is 1. The Morgan fingerprint density at radius 1 is 1.19 bits per heavy atom. The number of carbonyl (C=O) groups excluding carboxylic acids is 1. The summed E-state index contributed by atoms with van der Waals surface area (Å²) < 4.78 is 1.54. The van der Waals surface area contributed by atoms with Crippen molar-refractivity contribution in [1.82, 2.24) is 14.5 Å². The predicted octanol–water partition coefficient (Wildman–Crippen LogP) is 4.19. The van der Waals surface area contributed by atoms with Gasteiger partial charge in [0.15, 0.2) is 0 Å². The van der Waals surface area contributed by atoms with Crippen LogP contribution < -0.4 is 5.56 Å². The topological polar surface area (TPSA) is 55.2 Å². The summed E-state index contributed by atoms with van der Waals surface area (Å²) >= 11 is 11.8. The standard InChI is InChI=1S/C20H19Cl2N3O2/c1-3-24(18(26)12-21)13(2)19-23-17-7-5-4-6-16(17)20(27)25(19)15-10-8-14(22)9-11-15/h4-11,13H,3,12H2,1-2H3. The minimum atomic E-state index is -0.436. The first-order chi connectivity index (χ1) is 13.0. The summed E-state index contributed by atoms with van der Waals surface area (Å²) in [6.45, 7) is 4.17. The molecule has 0 saturated carbocycles. The Hall–Kier alpha value is -2.37. The third-order valence-corrected chi connectivity index (χ3v) is 4.98. The Morgan fingerprint density at radius 3 is 2.48 bits per heavy atom. The monoisotopic (exact) mass is 403 g/mol. The van der Waals surface area contributed by atoms with Crippen molar-refractivity contribution in [3.05, 3.63) is 69.7 Å². The van der Waals surface area contributed by atoms with Crippen LogP contribution in [-0.2, 0) is 4.79 Å². The van der Waals surface area contributed by atoms with Gasteiger partial charge >= 0.3 is 0 Å². The summed E-state index contributed by atoms with van der Waals surface area (Å²) in [5.41, 5.74) is 1.03. The van der Waals surface area contributed by atoms with Crippen LogP contribution in [0.5, 0.6) is 0 Å². The molecule has 1 amide bonds. The van der Waals surface area contributed by atoms with Crippen molar-refractivity contribution in [2.45, 2.75) is 19.9 Å². The van der Waals surface area contributed by atoms with Crippen LogP contribution in [0.4, 0.5) is 0 Å². The first-order valence-electron chi connectivity index (χ1n) is 8.61. The summed E-state index contributed by atoms with van der Waals surface area (Å²) in [5.74, 6) is 0.134. The van der Waals surface area contributed by atoms with Gasteiger partial charge in [-0.25, -0.2) is 4.98 Å². The van der Waals surface area contributed by atoms with Crippen molar-refractivity contribution in [3.63, 3.8) is 0 Å². The Morgan fingerprint density at radius 2 is 1.85 bits per heavy atom. The molecule has 0 spiro atoms. The number of rotatable bonds is 5. The number of fused-ring (bicyclic) bond motifs is 1. The lowest BCUT2D eigenvalue weighted by Crippen LogP contribution is -2.38. The number of hydrogen-bond donors (Lipinski definition) is 0. The molecule has 3 aromatic rings. The van der Waals surface area contributed by atoms with Gasteiger partial charge in [-0.05, 0) is 50.2 Å². The van der Waals surface area contributed by atoms with Crippen LogP contribution in [0, 0.1) is 0 Å². The fourth-order valence-electron chi connectivity index (χ4n) is 3.15. The third kappa shape index (κ3) is 3.70. The first-order valence-corrected chi connectivity index (χ1v) is 9.52. The van der Waals surface area contributed by atoms with Crippen molar-refractivity contribution in [3.8, 4) is 5.69 Å². The molecule has 1 aromatic heterocycles. The molecular weight excluding hydrogens is 385 g/mol. The average molecular weight is 404 g/mol. The van der Waals surface area contributed by atoms with Crippen LogP contribution in [0.1, 0.15) is 25.7 Å². The molecule has 1 atom stereocenters. The van der Waals surface area contributed by atoms with E-state index in [1.165, 1.54) is 4.57 Å². The van der Waals surface area contributed by atoms with Gasteiger partial charge in [0.2, 0.25) is 5.91 Å². The van der Waals surface area contributed by atoms with Gasteiger partial charge < -0.3 is 4.90 Å². The Labute approximate surface area is 167 Å². The minimum absolute atomic E-state index is 0.128. The molecule has 0 radical (unpaired) electrons. The second kappa shape index (κ2) is 8.11. The van der Waals surface area contributed by atoms with E-state index in [0.29, 0.717) is 34.0 Å². The molecule has 0 fully saturated rings. The molecule has 1 unspecified atom stereocenters. The van der Waals surface area contributed by atoms with Crippen molar-refractivity contribution in [1.29, 1.82) is 0 Å². The fraction of sp³-hybridized carbons (Fsp3) is 0.250. The number of benzene rings is 2. The predicted molar refractivity (Wildman–Crippen MR) is 109 cm³/mol. The second-order valence-corrected chi connectivity index (χ2v) is 6.80. The summed E-state index contributed by atoms with van der Waals surface area (Å²) in [4.78, 5) is 31.8. The molecule has 1 heterocycles. The van der Waals surface area contributed by atoms with Crippen LogP contribution in [0.3, 0.4) is 0 Å². The zero-order chi connectivity index (χ0) is 19.6. The van der Waals surface area contributed by atoms with Gasteiger partial charge in [0, 0.05) is 11.6 Å². The number of hydrogen-bond acceptors (Lipinski definition) is 3. The average Bonchev–Trinajstić information content (AvgIpc) is 2.69. The van der Waals surface area contributed by atoms with E-state index >= 15 is 0 Å². The molecule has 5 nitrogen and oxygen atoms in total. The number of nitrogens with zero attached hydrogens (tertiary/aromatic N) is 3. The van der Waals surface area contributed by atoms with E-state index in [-0.39, 0.29) is 17.3 Å². The molecule has 2 aromatic carbocycles. The van der Waals surface area contributed by atoms with Crippen molar-refractivity contribution in [2.24, 2.45) is 0 Å². The van der Waals surface area contributed by atoms with Gasteiger partial charge in [-0.3, -0.25) is 14.2 Å². The van der Waals surface area contributed by atoms with E-state index < -0.39 is 6.04 Å². The summed E-state index contributed by atoms with van der Waals surface area (Å²) in [7, 11) is 0. The van der Waals surface area contributed by atoms with Crippen LogP contribution in [0.15, 0.2) is 53.3 Å². The maximum absolute atomic E-state index is 13.2. The third-order valence-electron chi connectivity index (χ3n) is 4.50. The van der Waals surface area contributed by atoms with Crippen LogP contribution >= 0.6 is 23.2 Å². The zero-order valence-electron chi connectivity index (χ0n) is 15.0. The lowest BCUT2D eigenvalue weighted by atomic mass is 10.2. The van der Waals surface area contributed by atoms with E-state index in [0.717, 1.165) is 0 Å². The molecular formula is C20H19Cl2N3O2. The van der Waals surface area contributed by atoms with Gasteiger partial charge in [0.05, 0.1) is 22.6 Å². The molecule has 0 aliphatic rings. The zero-order valence-corrected chi connectivity index (χ0v) is 16.5. The summed E-state index contributed by atoms with van der Waals surface area (Å²) in [5, 5.41) is 1.08. The molecule has 3 rings (SSSR count). The smallest absolute Gasteiger partial charge is 0.266 e. The Balaban J connectivity index is 2.29. The maximum Gasteiger partial charge on any atom is 0.266 e. The van der Waals surface area contributed by atoms with Gasteiger partial charge in [0.1, 0.15) is 11.7 Å².